The lowest BCUT2D eigenvalue weighted by Gasteiger charge is -2.25. The van der Waals surface area contributed by atoms with Crippen LogP contribution in [-0.4, -0.2) is 29.7 Å². The monoisotopic (exact) mass is 567 g/mol. The van der Waals surface area contributed by atoms with Crippen molar-refractivity contribution in [1.82, 2.24) is 4.57 Å². The van der Waals surface area contributed by atoms with E-state index in [1.54, 1.807) is 64.3 Å². The van der Waals surface area contributed by atoms with Crippen LogP contribution in [0.1, 0.15) is 37.9 Å². The van der Waals surface area contributed by atoms with Gasteiger partial charge in [0, 0.05) is 15.7 Å². The second-order valence-corrected chi connectivity index (χ2v) is 10.5. The standard InChI is InChI=1S/C26H22BrN3O5S/c1-12(2)35-25(33)19-13(3)28-26-30(21(19)14-5-8-16(34-4)9-6-14)24(32)22(36-26)20-17-11-15(27)7-10-18(17)29-23(20)31/h5-12,21H,1-4H3,(H,29,31)/b22-20-. The van der Waals surface area contributed by atoms with Crippen molar-refractivity contribution in [3.8, 4) is 5.75 Å². The number of aromatic nitrogens is 1. The van der Waals surface area contributed by atoms with Gasteiger partial charge in [-0.25, -0.2) is 9.79 Å². The molecule has 0 bridgehead atoms. The number of esters is 1. The highest BCUT2D eigenvalue weighted by molar-refractivity contribution is 9.10. The fourth-order valence-corrected chi connectivity index (χ4v) is 5.88. The summed E-state index contributed by atoms with van der Waals surface area (Å²) in [4.78, 5) is 45.1. The molecule has 10 heteroatoms. The first-order chi connectivity index (χ1) is 17.2. The van der Waals surface area contributed by atoms with Crippen LogP contribution in [0.25, 0.3) is 5.57 Å². The zero-order chi connectivity index (χ0) is 25.7. The number of methoxy groups -OCH3 is 1. The van der Waals surface area contributed by atoms with Crippen LogP contribution in [0.5, 0.6) is 5.75 Å². The second kappa shape index (κ2) is 9.18. The smallest absolute Gasteiger partial charge is 0.338 e. The molecule has 1 N–H and O–H groups in total. The van der Waals surface area contributed by atoms with Crippen LogP contribution in [0.2, 0.25) is 0 Å². The van der Waals surface area contributed by atoms with Gasteiger partial charge in [-0.15, -0.1) is 0 Å². The molecule has 3 aromatic rings. The molecule has 1 amide bonds. The third-order valence-electron chi connectivity index (χ3n) is 5.94. The van der Waals surface area contributed by atoms with Gasteiger partial charge < -0.3 is 14.8 Å². The molecule has 8 nitrogen and oxygen atoms in total. The zero-order valence-electron chi connectivity index (χ0n) is 19.9. The van der Waals surface area contributed by atoms with Crippen LogP contribution in [-0.2, 0) is 14.3 Å². The van der Waals surface area contributed by atoms with Crippen molar-refractivity contribution < 1.29 is 19.1 Å². The highest BCUT2D eigenvalue weighted by Gasteiger charge is 2.35. The van der Waals surface area contributed by atoms with Crippen LogP contribution in [0, 0.1) is 0 Å². The molecule has 0 aliphatic carbocycles. The van der Waals surface area contributed by atoms with Crippen LogP contribution in [0.15, 0.2) is 68.0 Å². The van der Waals surface area contributed by atoms with Gasteiger partial charge in [0.25, 0.3) is 11.5 Å². The molecule has 2 aromatic carbocycles. The lowest BCUT2D eigenvalue weighted by atomic mass is 9.95. The Morgan fingerprint density at radius 3 is 2.56 bits per heavy atom. The van der Waals surface area contributed by atoms with Gasteiger partial charge in [0.1, 0.15) is 10.3 Å². The molecule has 184 valence electrons. The van der Waals surface area contributed by atoms with Gasteiger partial charge in [0.15, 0.2) is 4.80 Å². The van der Waals surface area contributed by atoms with Crippen molar-refractivity contribution in [2.24, 2.45) is 4.99 Å². The number of carbonyl (C=O) groups is 2. The number of hydrogen-bond acceptors (Lipinski definition) is 7. The van der Waals surface area contributed by atoms with Crippen molar-refractivity contribution in [1.29, 1.82) is 0 Å². The number of allylic oxidation sites excluding steroid dienone is 1. The van der Waals surface area contributed by atoms with Gasteiger partial charge in [0.05, 0.1) is 36.1 Å². The van der Waals surface area contributed by atoms with Gasteiger partial charge in [-0.2, -0.15) is 0 Å². The number of anilines is 1. The van der Waals surface area contributed by atoms with E-state index in [2.05, 4.69) is 26.2 Å². The number of ether oxygens (including phenoxy) is 2. The number of benzene rings is 2. The average molecular weight is 568 g/mol. The number of rotatable bonds is 4. The predicted octanol–water partition coefficient (Wildman–Crippen LogP) is 3.28. The lowest BCUT2D eigenvalue weighted by molar-refractivity contribution is -0.143. The summed E-state index contributed by atoms with van der Waals surface area (Å²) >= 11 is 4.57. The maximum Gasteiger partial charge on any atom is 0.338 e. The molecule has 2 aliphatic rings. The zero-order valence-corrected chi connectivity index (χ0v) is 22.3. The summed E-state index contributed by atoms with van der Waals surface area (Å²) in [5, 5.41) is 2.83. The van der Waals surface area contributed by atoms with Crippen molar-refractivity contribution in [2.75, 3.05) is 12.4 Å². The minimum Gasteiger partial charge on any atom is -0.497 e. The Hall–Kier alpha value is -3.50. The van der Waals surface area contributed by atoms with E-state index in [0.717, 1.165) is 15.8 Å². The van der Waals surface area contributed by atoms with Crippen LogP contribution >= 0.6 is 27.3 Å². The first-order valence-corrected chi connectivity index (χ1v) is 12.8. The molecule has 0 saturated carbocycles. The summed E-state index contributed by atoms with van der Waals surface area (Å²) in [6.45, 7) is 5.26. The van der Waals surface area contributed by atoms with E-state index in [1.165, 1.54) is 4.57 Å². The number of carbonyl (C=O) groups excluding carboxylic acids is 2. The number of fused-ring (bicyclic) bond motifs is 2. The predicted molar refractivity (Wildman–Crippen MR) is 140 cm³/mol. The fraction of sp³-hybridized carbons (Fsp3) is 0.231. The highest BCUT2D eigenvalue weighted by Crippen LogP contribution is 2.34. The normalized spacial score (nSPS) is 17.9. The Balaban J connectivity index is 1.80. The van der Waals surface area contributed by atoms with E-state index in [-0.39, 0.29) is 27.7 Å². The minimum atomic E-state index is -0.779. The van der Waals surface area contributed by atoms with Crippen molar-refractivity contribution >= 4 is 50.4 Å². The Bertz CT molecular complexity index is 1630. The molecule has 0 saturated heterocycles. The summed E-state index contributed by atoms with van der Waals surface area (Å²) in [7, 11) is 1.57. The van der Waals surface area contributed by atoms with Gasteiger partial charge in [-0.1, -0.05) is 39.4 Å². The van der Waals surface area contributed by atoms with Crippen molar-refractivity contribution in [3.63, 3.8) is 0 Å². The van der Waals surface area contributed by atoms with E-state index in [1.807, 2.05) is 6.07 Å². The Kier molecular flexibility index (Phi) is 6.17. The van der Waals surface area contributed by atoms with E-state index in [9.17, 15) is 14.4 Å². The summed E-state index contributed by atoms with van der Waals surface area (Å²) < 4.78 is 13.3. The topological polar surface area (TPSA) is 99.0 Å². The first kappa shape index (κ1) is 24.2. The summed E-state index contributed by atoms with van der Waals surface area (Å²) in [6, 6.07) is 11.8. The van der Waals surface area contributed by atoms with E-state index < -0.39 is 17.6 Å². The van der Waals surface area contributed by atoms with E-state index in [0.29, 0.717) is 33.1 Å². The lowest BCUT2D eigenvalue weighted by Crippen LogP contribution is -2.40. The molecule has 1 atom stereocenters. The quantitative estimate of drug-likeness (QED) is 0.488. The van der Waals surface area contributed by atoms with Gasteiger partial charge >= 0.3 is 5.97 Å². The Morgan fingerprint density at radius 2 is 1.89 bits per heavy atom. The molecule has 0 fully saturated rings. The summed E-state index contributed by atoms with van der Waals surface area (Å²) in [6.07, 6.45) is -0.349. The van der Waals surface area contributed by atoms with Crippen LogP contribution in [0.4, 0.5) is 5.69 Å². The second-order valence-electron chi connectivity index (χ2n) is 8.65. The number of amides is 1. The van der Waals surface area contributed by atoms with Gasteiger partial charge in [-0.05, 0) is 56.7 Å². The molecular formula is C26H22BrN3O5S. The van der Waals surface area contributed by atoms with Crippen molar-refractivity contribution in [3.05, 3.63) is 89.0 Å². The first-order valence-electron chi connectivity index (χ1n) is 11.2. The molecule has 0 spiro atoms. The number of nitrogens with zero attached hydrogens (tertiary/aromatic N) is 2. The largest absolute Gasteiger partial charge is 0.497 e. The molecule has 0 radical (unpaired) electrons. The fourth-order valence-electron chi connectivity index (χ4n) is 4.38. The number of nitrogens with one attached hydrogen (secondary N) is 1. The molecule has 1 aromatic heterocycles. The highest BCUT2D eigenvalue weighted by atomic mass is 79.9. The number of hydrogen-bond donors (Lipinski definition) is 1. The molecule has 1 unspecified atom stereocenters. The maximum absolute atomic E-state index is 13.9. The Labute approximate surface area is 218 Å². The number of halogens is 1. The molecule has 3 heterocycles. The van der Waals surface area contributed by atoms with Crippen LogP contribution < -0.4 is 24.9 Å². The van der Waals surface area contributed by atoms with Gasteiger partial charge in [0.2, 0.25) is 0 Å². The summed E-state index contributed by atoms with van der Waals surface area (Å²) in [5.41, 5.74) is 2.58. The summed E-state index contributed by atoms with van der Waals surface area (Å²) in [5.74, 6) is -0.257. The molecule has 5 rings (SSSR count). The Morgan fingerprint density at radius 1 is 1.17 bits per heavy atom. The third kappa shape index (κ3) is 4.00. The molecule has 2 aliphatic heterocycles. The van der Waals surface area contributed by atoms with Crippen molar-refractivity contribution in [2.45, 2.75) is 32.9 Å². The third-order valence-corrected chi connectivity index (χ3v) is 7.49. The van der Waals surface area contributed by atoms with Gasteiger partial charge in [-0.3, -0.25) is 14.2 Å². The number of thiazole rings is 1. The molecule has 36 heavy (non-hydrogen) atoms. The van der Waals surface area contributed by atoms with Crippen LogP contribution in [0.3, 0.4) is 0 Å². The average Bonchev–Trinajstić information content (AvgIpc) is 3.32. The minimum absolute atomic E-state index is 0.257. The maximum atomic E-state index is 13.9. The van der Waals surface area contributed by atoms with E-state index in [4.69, 9.17) is 9.47 Å². The molecular weight excluding hydrogens is 546 g/mol. The van der Waals surface area contributed by atoms with E-state index >= 15 is 0 Å². The SMILES string of the molecule is COc1ccc(C2C(C(=O)OC(C)C)=C(C)N=c3s/c(=C4\C(=O)Nc5ccc(Br)cc54)c(=O)n32)cc1.